The van der Waals surface area contributed by atoms with Crippen molar-refractivity contribution in [1.82, 2.24) is 5.32 Å². The molecule has 0 saturated heterocycles. The average molecular weight is 464 g/mol. The lowest BCUT2D eigenvalue weighted by Crippen LogP contribution is -2.47. The maximum atomic E-state index is 14.0. The number of halogens is 1. The molecule has 3 aromatic rings. The number of hydrogen-bond donors (Lipinski definition) is 2. The second-order valence-electron chi connectivity index (χ2n) is 8.17. The zero-order valence-electron chi connectivity index (χ0n) is 18.8. The van der Waals surface area contributed by atoms with Gasteiger partial charge < -0.3 is 24.8 Å². The van der Waals surface area contributed by atoms with E-state index >= 15 is 0 Å². The molecular weight excluding hydrogens is 439 g/mol. The fraction of sp³-hybridized carbons (Fsp3) is 0.231. The molecule has 2 amide bonds. The minimum atomic E-state index is -0.847. The van der Waals surface area contributed by atoms with Crippen LogP contribution in [-0.2, 0) is 11.4 Å². The molecule has 0 radical (unpaired) electrons. The first kappa shape index (κ1) is 23.1. The number of nitrogens with one attached hydrogen (secondary N) is 2. The Bertz CT molecular complexity index is 1200. The van der Waals surface area contributed by atoms with Crippen LogP contribution in [0.15, 0.2) is 66.7 Å². The van der Waals surface area contributed by atoms with Crippen molar-refractivity contribution in [3.63, 3.8) is 0 Å². The summed E-state index contributed by atoms with van der Waals surface area (Å²) < 4.78 is 30.4. The molecule has 0 bridgehead atoms. The van der Waals surface area contributed by atoms with Crippen LogP contribution in [0.3, 0.4) is 0 Å². The van der Waals surface area contributed by atoms with E-state index in [1.807, 2.05) is 19.9 Å². The van der Waals surface area contributed by atoms with Crippen molar-refractivity contribution in [2.45, 2.75) is 26.5 Å². The summed E-state index contributed by atoms with van der Waals surface area (Å²) in [5, 5.41) is 5.47. The quantitative estimate of drug-likeness (QED) is 0.512. The second-order valence-corrected chi connectivity index (χ2v) is 8.17. The fourth-order valence-electron chi connectivity index (χ4n) is 3.49. The number of amides is 2. The molecule has 1 aliphatic rings. The van der Waals surface area contributed by atoms with Crippen molar-refractivity contribution in [2.24, 2.45) is 5.92 Å². The molecule has 0 spiro atoms. The van der Waals surface area contributed by atoms with E-state index in [4.69, 9.17) is 14.2 Å². The number of fused-ring (bicyclic) bond motifs is 1. The van der Waals surface area contributed by atoms with E-state index in [1.54, 1.807) is 42.5 Å². The lowest BCUT2D eigenvalue weighted by molar-refractivity contribution is -0.118. The van der Waals surface area contributed by atoms with Crippen LogP contribution in [0.4, 0.5) is 10.1 Å². The summed E-state index contributed by atoms with van der Waals surface area (Å²) >= 11 is 0. The van der Waals surface area contributed by atoms with Crippen molar-refractivity contribution in [1.29, 1.82) is 0 Å². The molecule has 176 valence electrons. The van der Waals surface area contributed by atoms with E-state index in [0.717, 1.165) is 5.56 Å². The van der Waals surface area contributed by atoms with E-state index in [1.165, 1.54) is 18.2 Å². The molecule has 34 heavy (non-hydrogen) atoms. The second kappa shape index (κ2) is 10.2. The highest BCUT2D eigenvalue weighted by Gasteiger charge is 2.26. The summed E-state index contributed by atoms with van der Waals surface area (Å²) in [7, 11) is 0. The highest BCUT2D eigenvalue weighted by atomic mass is 19.1. The van der Waals surface area contributed by atoms with Gasteiger partial charge in [-0.15, -0.1) is 0 Å². The number of ether oxygens (including phenoxy) is 3. The topological polar surface area (TPSA) is 85.9 Å². The lowest BCUT2D eigenvalue weighted by Gasteiger charge is -2.22. The molecule has 7 nitrogen and oxygen atoms in total. The molecule has 4 rings (SSSR count). The van der Waals surface area contributed by atoms with Gasteiger partial charge in [-0.25, -0.2) is 4.39 Å². The minimum Gasteiger partial charge on any atom is -0.489 e. The first-order chi connectivity index (χ1) is 16.4. The van der Waals surface area contributed by atoms with Gasteiger partial charge in [0, 0.05) is 11.8 Å². The summed E-state index contributed by atoms with van der Waals surface area (Å²) in [6.45, 7) is 4.09. The highest BCUT2D eigenvalue weighted by molar-refractivity contribution is 6.01. The number of carbonyl (C=O) groups is 2. The minimum absolute atomic E-state index is 0.108. The van der Waals surface area contributed by atoms with Crippen LogP contribution in [0.1, 0.15) is 29.8 Å². The summed E-state index contributed by atoms with van der Waals surface area (Å²) in [6.07, 6.45) is 0. The van der Waals surface area contributed by atoms with Crippen LogP contribution in [-0.4, -0.2) is 24.6 Å². The van der Waals surface area contributed by atoms with E-state index in [9.17, 15) is 14.0 Å². The molecule has 8 heteroatoms. The maximum Gasteiger partial charge on any atom is 0.254 e. The third-order valence-electron chi connectivity index (χ3n) is 5.30. The predicted octanol–water partition coefficient (Wildman–Crippen LogP) is 4.53. The summed E-state index contributed by atoms with van der Waals surface area (Å²) in [6, 6.07) is 17.4. The number of carbonyl (C=O) groups excluding carboxylic acids is 2. The van der Waals surface area contributed by atoms with Gasteiger partial charge in [0.25, 0.3) is 5.91 Å². The average Bonchev–Trinajstić information content (AvgIpc) is 3.29. The standard InChI is InChI=1S/C26H25FN2O5/c1-16(2)24(29-25(30)20-8-3-4-9-21(20)27)26(31)28-18-7-5-6-17(12-18)14-32-19-10-11-22-23(13-19)34-15-33-22/h3-13,16,24H,14-15H2,1-2H3,(H,28,31)(H,29,30). The smallest absolute Gasteiger partial charge is 0.254 e. The summed E-state index contributed by atoms with van der Waals surface area (Å²) in [4.78, 5) is 25.4. The van der Waals surface area contributed by atoms with Crippen LogP contribution < -0.4 is 24.8 Å². The summed E-state index contributed by atoms with van der Waals surface area (Å²) in [5.74, 6) is 0.0571. The number of rotatable bonds is 8. The molecule has 0 aromatic heterocycles. The van der Waals surface area contributed by atoms with Crippen molar-refractivity contribution in [3.8, 4) is 17.2 Å². The van der Waals surface area contributed by atoms with E-state index < -0.39 is 23.7 Å². The fourth-order valence-corrected chi connectivity index (χ4v) is 3.49. The Balaban J connectivity index is 1.39. The number of benzene rings is 3. The van der Waals surface area contributed by atoms with Crippen LogP contribution in [0.5, 0.6) is 17.2 Å². The van der Waals surface area contributed by atoms with Gasteiger partial charge >= 0.3 is 0 Å². The van der Waals surface area contributed by atoms with E-state index in [2.05, 4.69) is 10.6 Å². The van der Waals surface area contributed by atoms with Crippen molar-refractivity contribution in [2.75, 3.05) is 12.1 Å². The Morgan fingerprint density at radius 3 is 2.59 bits per heavy atom. The monoisotopic (exact) mass is 464 g/mol. The Labute approximate surface area is 196 Å². The zero-order chi connectivity index (χ0) is 24.1. The molecule has 1 atom stereocenters. The van der Waals surface area contributed by atoms with Gasteiger partial charge in [-0.1, -0.05) is 38.1 Å². The van der Waals surface area contributed by atoms with Gasteiger partial charge in [-0.05, 0) is 47.9 Å². The van der Waals surface area contributed by atoms with E-state index in [0.29, 0.717) is 22.9 Å². The largest absolute Gasteiger partial charge is 0.489 e. The van der Waals surface area contributed by atoms with Crippen LogP contribution in [0, 0.1) is 11.7 Å². The summed E-state index contributed by atoms with van der Waals surface area (Å²) in [5.41, 5.74) is 1.29. The SMILES string of the molecule is CC(C)C(NC(=O)c1ccccc1F)C(=O)Nc1cccc(COc2ccc3c(c2)OCO3)c1. The molecule has 0 fully saturated rings. The molecule has 1 aliphatic heterocycles. The Kier molecular flexibility index (Phi) is 6.96. The Hall–Kier alpha value is -4.07. The Morgan fingerprint density at radius 1 is 1.00 bits per heavy atom. The third kappa shape index (κ3) is 5.46. The predicted molar refractivity (Wildman–Crippen MR) is 124 cm³/mol. The zero-order valence-corrected chi connectivity index (χ0v) is 18.8. The van der Waals surface area contributed by atoms with Crippen molar-refractivity contribution >= 4 is 17.5 Å². The molecule has 0 aliphatic carbocycles. The molecule has 0 saturated carbocycles. The van der Waals surface area contributed by atoms with Gasteiger partial charge in [0.1, 0.15) is 24.2 Å². The van der Waals surface area contributed by atoms with Gasteiger partial charge in [-0.3, -0.25) is 9.59 Å². The first-order valence-electron chi connectivity index (χ1n) is 10.9. The normalized spacial score (nSPS) is 12.8. The van der Waals surface area contributed by atoms with Gasteiger partial charge in [-0.2, -0.15) is 0 Å². The number of anilines is 1. The Morgan fingerprint density at radius 2 is 1.79 bits per heavy atom. The van der Waals surface area contributed by atoms with Crippen molar-refractivity contribution in [3.05, 3.63) is 83.7 Å². The van der Waals surface area contributed by atoms with Crippen LogP contribution in [0.2, 0.25) is 0 Å². The maximum absolute atomic E-state index is 14.0. The van der Waals surface area contributed by atoms with Crippen LogP contribution >= 0.6 is 0 Å². The van der Waals surface area contributed by atoms with Gasteiger partial charge in [0.15, 0.2) is 11.5 Å². The molecule has 3 aromatic carbocycles. The molecule has 1 unspecified atom stereocenters. The van der Waals surface area contributed by atoms with E-state index in [-0.39, 0.29) is 24.9 Å². The van der Waals surface area contributed by atoms with Gasteiger partial charge in [0.2, 0.25) is 12.7 Å². The molecule has 2 N–H and O–H groups in total. The molecule has 1 heterocycles. The first-order valence-corrected chi connectivity index (χ1v) is 10.9. The number of hydrogen-bond acceptors (Lipinski definition) is 5. The lowest BCUT2D eigenvalue weighted by atomic mass is 10.0. The van der Waals surface area contributed by atoms with Crippen LogP contribution in [0.25, 0.3) is 0 Å². The van der Waals surface area contributed by atoms with Crippen molar-refractivity contribution < 1.29 is 28.2 Å². The highest BCUT2D eigenvalue weighted by Crippen LogP contribution is 2.35. The van der Waals surface area contributed by atoms with Gasteiger partial charge in [0.05, 0.1) is 5.56 Å². The third-order valence-corrected chi connectivity index (χ3v) is 5.30. The molecular formula is C26H25FN2O5.